The summed E-state index contributed by atoms with van der Waals surface area (Å²) in [5.41, 5.74) is 5.54. The van der Waals surface area contributed by atoms with E-state index in [1.54, 1.807) is 0 Å². The number of carbonyl (C=O) groups excluding carboxylic acids is 1. The van der Waals surface area contributed by atoms with Crippen LogP contribution in [0.4, 0.5) is 0 Å². The third-order valence-electron chi connectivity index (χ3n) is 3.07. The van der Waals surface area contributed by atoms with Crippen molar-refractivity contribution in [1.29, 1.82) is 0 Å². The maximum absolute atomic E-state index is 11.9. The lowest BCUT2D eigenvalue weighted by Crippen LogP contribution is -2.36. The molecule has 1 fully saturated rings. The van der Waals surface area contributed by atoms with Gasteiger partial charge in [-0.05, 0) is 25.3 Å². The molecule has 0 aliphatic heterocycles. The van der Waals surface area contributed by atoms with Crippen molar-refractivity contribution >= 4 is 5.91 Å². The molecule has 1 saturated carbocycles. The summed E-state index contributed by atoms with van der Waals surface area (Å²) in [6.07, 6.45) is 4.60. The van der Waals surface area contributed by atoms with Crippen LogP contribution in [0.15, 0.2) is 0 Å². The van der Waals surface area contributed by atoms with Gasteiger partial charge in [0, 0.05) is 19.5 Å². The van der Waals surface area contributed by atoms with Gasteiger partial charge >= 0.3 is 0 Å². The molecule has 1 atom stereocenters. The van der Waals surface area contributed by atoms with Crippen LogP contribution in [-0.4, -0.2) is 30.9 Å². The van der Waals surface area contributed by atoms with E-state index < -0.39 is 0 Å². The molecule has 3 heteroatoms. The van der Waals surface area contributed by atoms with Crippen molar-refractivity contribution in [1.82, 2.24) is 4.90 Å². The van der Waals surface area contributed by atoms with E-state index in [9.17, 15) is 4.79 Å². The highest BCUT2D eigenvalue weighted by atomic mass is 16.2. The minimum atomic E-state index is 0.296. The molecule has 14 heavy (non-hydrogen) atoms. The molecular formula is C11H22N2O. The predicted octanol–water partition coefficient (Wildman–Crippen LogP) is 1.23. The van der Waals surface area contributed by atoms with Crippen LogP contribution in [-0.2, 0) is 4.79 Å². The number of hydrogen-bond donors (Lipinski definition) is 1. The average Bonchev–Trinajstić information content (AvgIpc) is 2.69. The van der Waals surface area contributed by atoms with E-state index >= 15 is 0 Å². The summed E-state index contributed by atoms with van der Waals surface area (Å²) in [4.78, 5) is 13.7. The standard InChI is InChI=1S/C11H22N2O/c1-9(7-12)8-13(2)11(14)10-5-3-4-6-10/h9-10H,3-8,12H2,1-2H3. The second kappa shape index (κ2) is 5.35. The highest BCUT2D eigenvalue weighted by Crippen LogP contribution is 2.26. The van der Waals surface area contributed by atoms with Crippen molar-refractivity contribution in [2.45, 2.75) is 32.6 Å². The first kappa shape index (κ1) is 11.5. The molecule has 0 saturated heterocycles. The maximum atomic E-state index is 11.9. The monoisotopic (exact) mass is 198 g/mol. The van der Waals surface area contributed by atoms with Crippen LogP contribution >= 0.6 is 0 Å². The van der Waals surface area contributed by atoms with E-state index in [-0.39, 0.29) is 0 Å². The molecule has 3 nitrogen and oxygen atoms in total. The fourth-order valence-corrected chi connectivity index (χ4v) is 2.12. The van der Waals surface area contributed by atoms with Gasteiger partial charge in [0.15, 0.2) is 0 Å². The molecule has 1 unspecified atom stereocenters. The second-order valence-electron chi connectivity index (χ2n) is 4.54. The topological polar surface area (TPSA) is 46.3 Å². The summed E-state index contributed by atoms with van der Waals surface area (Å²) in [5, 5.41) is 0. The molecule has 0 aromatic rings. The molecule has 0 heterocycles. The Morgan fingerprint density at radius 1 is 1.50 bits per heavy atom. The molecule has 0 aromatic heterocycles. The highest BCUT2D eigenvalue weighted by molar-refractivity contribution is 5.78. The minimum Gasteiger partial charge on any atom is -0.345 e. The number of nitrogens with zero attached hydrogens (tertiary/aromatic N) is 1. The van der Waals surface area contributed by atoms with Crippen molar-refractivity contribution in [2.75, 3.05) is 20.1 Å². The summed E-state index contributed by atoms with van der Waals surface area (Å²) in [5.74, 6) is 1.03. The largest absolute Gasteiger partial charge is 0.345 e. The van der Waals surface area contributed by atoms with Crippen LogP contribution < -0.4 is 5.73 Å². The van der Waals surface area contributed by atoms with Crippen LogP contribution in [0.1, 0.15) is 32.6 Å². The number of carbonyl (C=O) groups is 1. The van der Waals surface area contributed by atoms with Crippen molar-refractivity contribution in [3.8, 4) is 0 Å². The second-order valence-corrected chi connectivity index (χ2v) is 4.54. The van der Waals surface area contributed by atoms with Gasteiger partial charge in [-0.3, -0.25) is 4.79 Å². The fourth-order valence-electron chi connectivity index (χ4n) is 2.12. The maximum Gasteiger partial charge on any atom is 0.225 e. The van der Waals surface area contributed by atoms with Gasteiger partial charge < -0.3 is 10.6 Å². The van der Waals surface area contributed by atoms with Gasteiger partial charge in [-0.2, -0.15) is 0 Å². The van der Waals surface area contributed by atoms with Gasteiger partial charge in [-0.15, -0.1) is 0 Å². The summed E-state index contributed by atoms with van der Waals surface area (Å²) in [6, 6.07) is 0. The molecule has 2 N–H and O–H groups in total. The smallest absolute Gasteiger partial charge is 0.225 e. The van der Waals surface area contributed by atoms with E-state index in [1.165, 1.54) is 12.8 Å². The molecule has 0 spiro atoms. The number of rotatable bonds is 4. The average molecular weight is 198 g/mol. The fraction of sp³-hybridized carbons (Fsp3) is 0.909. The number of amides is 1. The van der Waals surface area contributed by atoms with E-state index in [1.807, 2.05) is 11.9 Å². The molecule has 1 rings (SSSR count). The van der Waals surface area contributed by atoms with E-state index in [2.05, 4.69) is 6.92 Å². The van der Waals surface area contributed by atoms with Gasteiger partial charge in [0.2, 0.25) is 5.91 Å². The summed E-state index contributed by atoms with van der Waals surface area (Å²) >= 11 is 0. The van der Waals surface area contributed by atoms with Crippen molar-refractivity contribution in [2.24, 2.45) is 17.6 Å². The first-order valence-electron chi connectivity index (χ1n) is 5.60. The van der Waals surface area contributed by atoms with Gasteiger partial charge in [0.1, 0.15) is 0 Å². The molecule has 82 valence electrons. The zero-order chi connectivity index (χ0) is 10.6. The Hall–Kier alpha value is -0.570. The van der Waals surface area contributed by atoms with Crippen molar-refractivity contribution < 1.29 is 4.79 Å². The van der Waals surface area contributed by atoms with Crippen LogP contribution in [0.5, 0.6) is 0 Å². The molecule has 0 bridgehead atoms. The van der Waals surface area contributed by atoms with Crippen molar-refractivity contribution in [3.05, 3.63) is 0 Å². The predicted molar refractivity (Wildman–Crippen MR) is 57.8 cm³/mol. The van der Waals surface area contributed by atoms with Gasteiger partial charge in [-0.25, -0.2) is 0 Å². The Morgan fingerprint density at radius 3 is 2.57 bits per heavy atom. The number of nitrogens with two attached hydrogens (primary N) is 1. The lowest BCUT2D eigenvalue weighted by atomic mass is 10.1. The third kappa shape index (κ3) is 2.98. The van der Waals surface area contributed by atoms with Crippen LogP contribution in [0.25, 0.3) is 0 Å². The number of hydrogen-bond acceptors (Lipinski definition) is 2. The van der Waals surface area contributed by atoms with E-state index in [4.69, 9.17) is 5.73 Å². The van der Waals surface area contributed by atoms with Gasteiger partial charge in [0.05, 0.1) is 0 Å². The summed E-state index contributed by atoms with van der Waals surface area (Å²) in [7, 11) is 1.90. The van der Waals surface area contributed by atoms with Crippen LogP contribution in [0.2, 0.25) is 0 Å². The Kier molecular flexibility index (Phi) is 4.39. The van der Waals surface area contributed by atoms with Gasteiger partial charge in [0.25, 0.3) is 0 Å². The summed E-state index contributed by atoms with van der Waals surface area (Å²) < 4.78 is 0. The van der Waals surface area contributed by atoms with Crippen LogP contribution in [0.3, 0.4) is 0 Å². The normalized spacial score (nSPS) is 19.6. The first-order valence-corrected chi connectivity index (χ1v) is 5.60. The SMILES string of the molecule is CC(CN)CN(C)C(=O)C1CCCC1. The zero-order valence-electron chi connectivity index (χ0n) is 9.33. The third-order valence-corrected chi connectivity index (χ3v) is 3.07. The Bertz CT molecular complexity index is 188. The lowest BCUT2D eigenvalue weighted by molar-refractivity contribution is -0.134. The molecular weight excluding hydrogens is 176 g/mol. The first-order chi connectivity index (χ1) is 6.65. The molecule has 1 aliphatic rings. The van der Waals surface area contributed by atoms with Crippen molar-refractivity contribution in [3.63, 3.8) is 0 Å². The van der Waals surface area contributed by atoms with Gasteiger partial charge in [-0.1, -0.05) is 19.8 Å². The van der Waals surface area contributed by atoms with Crippen LogP contribution in [0, 0.1) is 11.8 Å². The molecule has 0 aromatic carbocycles. The zero-order valence-corrected chi connectivity index (χ0v) is 9.33. The minimum absolute atomic E-state index is 0.296. The lowest BCUT2D eigenvalue weighted by Gasteiger charge is -2.23. The molecule has 0 radical (unpaired) electrons. The Labute approximate surface area is 86.6 Å². The Balaban J connectivity index is 2.35. The highest BCUT2D eigenvalue weighted by Gasteiger charge is 2.25. The quantitative estimate of drug-likeness (QED) is 0.738. The van der Waals surface area contributed by atoms with E-state index in [0.717, 1.165) is 19.4 Å². The molecule has 1 amide bonds. The molecule has 1 aliphatic carbocycles. The van der Waals surface area contributed by atoms with E-state index in [0.29, 0.717) is 24.3 Å². The summed E-state index contributed by atoms with van der Waals surface area (Å²) in [6.45, 7) is 3.53. The Morgan fingerprint density at radius 2 is 2.07 bits per heavy atom.